The van der Waals surface area contributed by atoms with Crippen molar-refractivity contribution < 1.29 is 9.53 Å². The molecule has 0 bridgehead atoms. The van der Waals surface area contributed by atoms with Crippen LogP contribution in [0.2, 0.25) is 0 Å². The average Bonchev–Trinajstić information content (AvgIpc) is 2.42. The number of para-hydroxylation sites is 2. The van der Waals surface area contributed by atoms with Crippen molar-refractivity contribution >= 4 is 11.6 Å². The van der Waals surface area contributed by atoms with E-state index in [0.717, 1.165) is 26.2 Å². The first kappa shape index (κ1) is 13.8. The van der Waals surface area contributed by atoms with Gasteiger partial charge in [0.05, 0.1) is 19.3 Å². The van der Waals surface area contributed by atoms with Gasteiger partial charge in [0, 0.05) is 26.2 Å². The lowest BCUT2D eigenvalue weighted by molar-refractivity contribution is -0.117. The maximum Gasteiger partial charge on any atom is 0.238 e. The highest BCUT2D eigenvalue weighted by Gasteiger charge is 2.17. The predicted octanol–water partition coefficient (Wildman–Crippen LogP) is 0.125. The molecule has 2 rings (SSSR count). The van der Waals surface area contributed by atoms with E-state index in [0.29, 0.717) is 18.0 Å². The second kappa shape index (κ2) is 6.51. The summed E-state index contributed by atoms with van der Waals surface area (Å²) in [6.07, 6.45) is 0. The molecule has 1 fully saturated rings. The highest BCUT2D eigenvalue weighted by Crippen LogP contribution is 2.22. The lowest BCUT2D eigenvalue weighted by Gasteiger charge is -2.31. The third-order valence-corrected chi connectivity index (χ3v) is 3.16. The number of carbonyl (C=O) groups is 1. The fraction of sp³-hybridized carbons (Fsp3) is 0.462. The van der Waals surface area contributed by atoms with E-state index in [-0.39, 0.29) is 5.91 Å². The van der Waals surface area contributed by atoms with Crippen LogP contribution in [0.3, 0.4) is 0 Å². The summed E-state index contributed by atoms with van der Waals surface area (Å²) in [5, 5.41) is 4.64. The molecule has 1 aliphatic heterocycles. The Kier molecular flexibility index (Phi) is 4.73. The monoisotopic (exact) mass is 264 g/mol. The van der Waals surface area contributed by atoms with E-state index in [1.54, 1.807) is 12.1 Å². The summed E-state index contributed by atoms with van der Waals surface area (Å²) in [6.45, 7) is 3.60. The summed E-state index contributed by atoms with van der Waals surface area (Å²) < 4.78 is 5.20. The fourth-order valence-electron chi connectivity index (χ4n) is 2.06. The van der Waals surface area contributed by atoms with Gasteiger partial charge < -0.3 is 10.1 Å². The first-order valence-corrected chi connectivity index (χ1v) is 6.34. The minimum Gasteiger partial charge on any atom is -0.495 e. The van der Waals surface area contributed by atoms with Crippen LogP contribution in [0.1, 0.15) is 0 Å². The maximum absolute atomic E-state index is 12.0. The molecular formula is C13H20N4O2. The van der Waals surface area contributed by atoms with E-state index in [2.05, 4.69) is 10.2 Å². The Morgan fingerprint density at radius 3 is 2.68 bits per heavy atom. The summed E-state index contributed by atoms with van der Waals surface area (Å²) in [7, 11) is 1.59. The first-order valence-electron chi connectivity index (χ1n) is 6.34. The summed E-state index contributed by atoms with van der Waals surface area (Å²) in [5.41, 5.74) is 0.701. The van der Waals surface area contributed by atoms with Crippen LogP contribution >= 0.6 is 0 Å². The molecule has 0 aliphatic carbocycles. The quantitative estimate of drug-likeness (QED) is 0.756. The summed E-state index contributed by atoms with van der Waals surface area (Å²) in [4.78, 5) is 14.1. The number of hydrogen-bond acceptors (Lipinski definition) is 5. The molecule has 0 atom stereocenters. The van der Waals surface area contributed by atoms with Crippen molar-refractivity contribution in [1.82, 2.24) is 9.91 Å². The van der Waals surface area contributed by atoms with E-state index in [4.69, 9.17) is 10.6 Å². The highest BCUT2D eigenvalue weighted by molar-refractivity contribution is 5.93. The molecule has 1 aromatic rings. The minimum atomic E-state index is -0.0324. The van der Waals surface area contributed by atoms with Gasteiger partial charge >= 0.3 is 0 Å². The molecule has 1 aromatic carbocycles. The van der Waals surface area contributed by atoms with E-state index in [1.807, 2.05) is 24.3 Å². The molecule has 0 spiro atoms. The lowest BCUT2D eigenvalue weighted by Crippen LogP contribution is -2.51. The number of rotatable bonds is 4. The standard InChI is InChI=1S/C13H20N4O2/c1-19-12-5-3-2-4-11(12)15-13(18)10-16-6-8-17(14)9-7-16/h2-5H,6-10,14H2,1H3,(H,15,18). The van der Waals surface area contributed by atoms with Crippen molar-refractivity contribution in [3.05, 3.63) is 24.3 Å². The molecule has 1 heterocycles. The number of piperazine rings is 1. The smallest absolute Gasteiger partial charge is 0.238 e. The molecule has 104 valence electrons. The number of benzene rings is 1. The van der Waals surface area contributed by atoms with Gasteiger partial charge in [-0.05, 0) is 12.1 Å². The van der Waals surface area contributed by atoms with Crippen molar-refractivity contribution in [3.8, 4) is 5.75 Å². The zero-order chi connectivity index (χ0) is 13.7. The van der Waals surface area contributed by atoms with Crippen LogP contribution in [0.5, 0.6) is 5.75 Å². The van der Waals surface area contributed by atoms with Gasteiger partial charge in [0.15, 0.2) is 0 Å². The second-order valence-corrected chi connectivity index (χ2v) is 4.56. The molecule has 0 saturated carbocycles. The molecule has 1 saturated heterocycles. The number of hydrogen-bond donors (Lipinski definition) is 2. The second-order valence-electron chi connectivity index (χ2n) is 4.56. The van der Waals surface area contributed by atoms with Gasteiger partial charge in [-0.3, -0.25) is 15.5 Å². The SMILES string of the molecule is COc1ccccc1NC(=O)CN1CCN(N)CC1. The Bertz CT molecular complexity index is 430. The Hall–Kier alpha value is -1.63. The van der Waals surface area contributed by atoms with Gasteiger partial charge in [-0.1, -0.05) is 12.1 Å². The largest absolute Gasteiger partial charge is 0.495 e. The molecule has 0 radical (unpaired) electrons. The Labute approximate surface area is 113 Å². The van der Waals surface area contributed by atoms with Crippen molar-refractivity contribution in [2.45, 2.75) is 0 Å². The molecule has 19 heavy (non-hydrogen) atoms. The Balaban J connectivity index is 1.87. The van der Waals surface area contributed by atoms with Crippen LogP contribution in [0.4, 0.5) is 5.69 Å². The zero-order valence-electron chi connectivity index (χ0n) is 11.1. The Morgan fingerprint density at radius 1 is 1.32 bits per heavy atom. The number of hydrazine groups is 1. The van der Waals surface area contributed by atoms with Crippen molar-refractivity contribution in [2.24, 2.45) is 5.84 Å². The van der Waals surface area contributed by atoms with Gasteiger partial charge in [0.1, 0.15) is 5.75 Å². The van der Waals surface area contributed by atoms with Crippen LogP contribution in [0, 0.1) is 0 Å². The maximum atomic E-state index is 12.0. The van der Waals surface area contributed by atoms with Gasteiger partial charge in [-0.15, -0.1) is 0 Å². The predicted molar refractivity (Wildman–Crippen MR) is 73.8 cm³/mol. The number of carbonyl (C=O) groups excluding carboxylic acids is 1. The minimum absolute atomic E-state index is 0.0324. The lowest BCUT2D eigenvalue weighted by atomic mass is 10.3. The molecule has 6 heteroatoms. The highest BCUT2D eigenvalue weighted by atomic mass is 16.5. The van der Waals surface area contributed by atoms with Crippen LogP contribution in [-0.4, -0.2) is 55.6 Å². The third kappa shape index (κ3) is 3.92. The molecule has 1 aliphatic rings. The summed E-state index contributed by atoms with van der Waals surface area (Å²) in [6, 6.07) is 7.39. The number of amides is 1. The number of nitrogens with two attached hydrogens (primary N) is 1. The van der Waals surface area contributed by atoms with Gasteiger partial charge in [-0.25, -0.2) is 5.01 Å². The normalized spacial score (nSPS) is 17.2. The van der Waals surface area contributed by atoms with Gasteiger partial charge in [0.2, 0.25) is 5.91 Å². The third-order valence-electron chi connectivity index (χ3n) is 3.16. The summed E-state index contributed by atoms with van der Waals surface area (Å²) in [5.74, 6) is 6.32. The van der Waals surface area contributed by atoms with Crippen LogP contribution in [-0.2, 0) is 4.79 Å². The van der Waals surface area contributed by atoms with Crippen LogP contribution in [0.25, 0.3) is 0 Å². The number of nitrogens with zero attached hydrogens (tertiary/aromatic N) is 2. The van der Waals surface area contributed by atoms with Crippen LogP contribution < -0.4 is 15.9 Å². The van der Waals surface area contributed by atoms with E-state index < -0.39 is 0 Å². The molecule has 0 unspecified atom stereocenters. The van der Waals surface area contributed by atoms with Crippen molar-refractivity contribution in [2.75, 3.05) is 45.2 Å². The number of anilines is 1. The fourth-order valence-corrected chi connectivity index (χ4v) is 2.06. The molecule has 1 amide bonds. The average molecular weight is 264 g/mol. The topological polar surface area (TPSA) is 70.8 Å². The van der Waals surface area contributed by atoms with Crippen molar-refractivity contribution in [3.63, 3.8) is 0 Å². The van der Waals surface area contributed by atoms with Gasteiger partial charge in [-0.2, -0.15) is 0 Å². The van der Waals surface area contributed by atoms with Crippen LogP contribution in [0.15, 0.2) is 24.3 Å². The number of methoxy groups -OCH3 is 1. The van der Waals surface area contributed by atoms with E-state index in [9.17, 15) is 4.79 Å². The molecule has 6 nitrogen and oxygen atoms in total. The number of nitrogens with one attached hydrogen (secondary N) is 1. The van der Waals surface area contributed by atoms with E-state index >= 15 is 0 Å². The van der Waals surface area contributed by atoms with E-state index in [1.165, 1.54) is 0 Å². The van der Waals surface area contributed by atoms with Crippen molar-refractivity contribution in [1.29, 1.82) is 0 Å². The number of ether oxygens (including phenoxy) is 1. The molecule has 0 aromatic heterocycles. The Morgan fingerprint density at radius 2 is 2.00 bits per heavy atom. The molecular weight excluding hydrogens is 244 g/mol. The first-order chi connectivity index (χ1) is 9.19. The zero-order valence-corrected chi connectivity index (χ0v) is 11.1. The molecule has 3 N–H and O–H groups in total. The van der Waals surface area contributed by atoms with Gasteiger partial charge in [0.25, 0.3) is 0 Å². The summed E-state index contributed by atoms with van der Waals surface area (Å²) >= 11 is 0.